The van der Waals surface area contributed by atoms with Crippen molar-refractivity contribution < 1.29 is 4.79 Å². The SMILES string of the molecule is C=CC(=O)N1CC(n2nc(C)cc2C)C1. The summed E-state index contributed by atoms with van der Waals surface area (Å²) in [6, 6.07) is 2.39. The minimum absolute atomic E-state index is 0.00720. The van der Waals surface area contributed by atoms with Crippen molar-refractivity contribution in [2.75, 3.05) is 13.1 Å². The summed E-state index contributed by atoms with van der Waals surface area (Å²) in [4.78, 5) is 13.0. The van der Waals surface area contributed by atoms with E-state index in [2.05, 4.69) is 17.7 Å². The Labute approximate surface area is 89.2 Å². The average Bonchev–Trinajstić information content (AvgIpc) is 2.43. The molecular weight excluding hydrogens is 190 g/mol. The molecule has 1 aliphatic rings. The molecule has 0 aromatic carbocycles. The van der Waals surface area contributed by atoms with Crippen molar-refractivity contribution in [2.24, 2.45) is 0 Å². The highest BCUT2D eigenvalue weighted by Gasteiger charge is 2.31. The Hall–Kier alpha value is -1.58. The molecule has 0 unspecified atom stereocenters. The third-order valence-electron chi connectivity index (χ3n) is 2.74. The molecule has 0 saturated carbocycles. The number of carbonyl (C=O) groups is 1. The van der Waals surface area contributed by atoms with Crippen LogP contribution in [0.1, 0.15) is 17.4 Å². The van der Waals surface area contributed by atoms with E-state index < -0.39 is 0 Å². The van der Waals surface area contributed by atoms with Gasteiger partial charge in [0.15, 0.2) is 0 Å². The van der Waals surface area contributed by atoms with E-state index in [0.717, 1.165) is 24.5 Å². The van der Waals surface area contributed by atoms with Crippen molar-refractivity contribution in [1.82, 2.24) is 14.7 Å². The van der Waals surface area contributed by atoms with Gasteiger partial charge < -0.3 is 4.90 Å². The fourth-order valence-corrected chi connectivity index (χ4v) is 1.93. The number of hydrogen-bond acceptors (Lipinski definition) is 2. The summed E-state index contributed by atoms with van der Waals surface area (Å²) in [5.41, 5.74) is 2.18. The molecule has 0 N–H and O–H groups in total. The van der Waals surface area contributed by atoms with Crippen molar-refractivity contribution in [2.45, 2.75) is 19.9 Å². The molecule has 1 fully saturated rings. The van der Waals surface area contributed by atoms with Gasteiger partial charge in [-0.15, -0.1) is 0 Å². The van der Waals surface area contributed by atoms with Gasteiger partial charge in [-0.1, -0.05) is 6.58 Å². The first-order chi connectivity index (χ1) is 7.11. The van der Waals surface area contributed by atoms with E-state index in [9.17, 15) is 4.79 Å². The lowest BCUT2D eigenvalue weighted by Gasteiger charge is -2.39. The van der Waals surface area contributed by atoms with Crippen LogP contribution in [-0.2, 0) is 4.79 Å². The number of rotatable bonds is 2. The van der Waals surface area contributed by atoms with E-state index in [1.54, 1.807) is 4.90 Å². The largest absolute Gasteiger partial charge is 0.335 e. The van der Waals surface area contributed by atoms with Crippen molar-refractivity contribution in [3.05, 3.63) is 30.1 Å². The van der Waals surface area contributed by atoms with Gasteiger partial charge in [-0.2, -0.15) is 5.10 Å². The lowest BCUT2D eigenvalue weighted by atomic mass is 10.1. The summed E-state index contributed by atoms with van der Waals surface area (Å²) in [6.07, 6.45) is 1.36. The first-order valence-electron chi connectivity index (χ1n) is 5.06. The Morgan fingerprint density at radius 1 is 1.60 bits per heavy atom. The van der Waals surface area contributed by atoms with Crippen LogP contribution in [0.5, 0.6) is 0 Å². The third-order valence-corrected chi connectivity index (χ3v) is 2.74. The van der Waals surface area contributed by atoms with Gasteiger partial charge in [-0.05, 0) is 26.0 Å². The monoisotopic (exact) mass is 205 g/mol. The molecular formula is C11H15N3O. The molecule has 0 spiro atoms. The number of aromatic nitrogens is 2. The number of nitrogens with zero attached hydrogens (tertiary/aromatic N) is 3. The number of likely N-dealkylation sites (tertiary alicyclic amines) is 1. The molecule has 1 aromatic heterocycles. The van der Waals surface area contributed by atoms with Crippen LogP contribution in [0.2, 0.25) is 0 Å². The van der Waals surface area contributed by atoms with E-state index in [-0.39, 0.29) is 5.91 Å². The fraction of sp³-hybridized carbons (Fsp3) is 0.455. The number of hydrogen-bond donors (Lipinski definition) is 0. The molecule has 1 amide bonds. The zero-order valence-electron chi connectivity index (χ0n) is 9.10. The maximum Gasteiger partial charge on any atom is 0.246 e. The van der Waals surface area contributed by atoms with Gasteiger partial charge in [0.1, 0.15) is 0 Å². The van der Waals surface area contributed by atoms with Gasteiger partial charge in [0, 0.05) is 18.8 Å². The first kappa shape index (κ1) is 9.96. The van der Waals surface area contributed by atoms with Crippen LogP contribution in [0.4, 0.5) is 0 Å². The van der Waals surface area contributed by atoms with Crippen molar-refractivity contribution >= 4 is 5.91 Å². The highest BCUT2D eigenvalue weighted by Crippen LogP contribution is 2.22. The summed E-state index contributed by atoms with van der Waals surface area (Å²) in [7, 11) is 0. The smallest absolute Gasteiger partial charge is 0.246 e. The molecule has 0 radical (unpaired) electrons. The minimum atomic E-state index is 0.00720. The molecule has 80 valence electrons. The summed E-state index contributed by atoms with van der Waals surface area (Å²) < 4.78 is 2.00. The Bertz CT molecular complexity index is 402. The minimum Gasteiger partial charge on any atom is -0.335 e. The average molecular weight is 205 g/mol. The van der Waals surface area contributed by atoms with Gasteiger partial charge in [0.2, 0.25) is 5.91 Å². The van der Waals surface area contributed by atoms with E-state index in [1.807, 2.05) is 18.5 Å². The second-order valence-electron chi connectivity index (χ2n) is 3.97. The Morgan fingerprint density at radius 2 is 2.27 bits per heavy atom. The lowest BCUT2D eigenvalue weighted by molar-refractivity contribution is -0.131. The van der Waals surface area contributed by atoms with Crippen LogP contribution in [0.3, 0.4) is 0 Å². The summed E-state index contributed by atoms with van der Waals surface area (Å²) in [5, 5.41) is 4.40. The second-order valence-corrected chi connectivity index (χ2v) is 3.97. The van der Waals surface area contributed by atoms with Crippen molar-refractivity contribution in [3.8, 4) is 0 Å². The van der Waals surface area contributed by atoms with Gasteiger partial charge in [-0.3, -0.25) is 9.48 Å². The van der Waals surface area contributed by atoms with Crippen molar-refractivity contribution in [3.63, 3.8) is 0 Å². The van der Waals surface area contributed by atoms with Crippen molar-refractivity contribution in [1.29, 1.82) is 0 Å². The van der Waals surface area contributed by atoms with E-state index in [4.69, 9.17) is 0 Å². The fourth-order valence-electron chi connectivity index (χ4n) is 1.93. The Morgan fingerprint density at radius 3 is 2.73 bits per heavy atom. The van der Waals surface area contributed by atoms with Crippen LogP contribution < -0.4 is 0 Å². The predicted molar refractivity (Wildman–Crippen MR) is 57.5 cm³/mol. The lowest BCUT2D eigenvalue weighted by Crippen LogP contribution is -2.50. The highest BCUT2D eigenvalue weighted by molar-refractivity contribution is 5.87. The van der Waals surface area contributed by atoms with Crippen LogP contribution in [-0.4, -0.2) is 33.7 Å². The number of amides is 1. The molecule has 1 aromatic rings. The van der Waals surface area contributed by atoms with Gasteiger partial charge in [0.05, 0.1) is 11.7 Å². The molecule has 4 heteroatoms. The van der Waals surface area contributed by atoms with Crippen LogP contribution in [0.15, 0.2) is 18.7 Å². The van der Waals surface area contributed by atoms with Crippen LogP contribution in [0.25, 0.3) is 0 Å². The molecule has 1 aliphatic heterocycles. The highest BCUT2D eigenvalue weighted by atomic mass is 16.2. The zero-order valence-corrected chi connectivity index (χ0v) is 9.10. The maximum absolute atomic E-state index is 11.2. The van der Waals surface area contributed by atoms with Crippen LogP contribution >= 0.6 is 0 Å². The van der Waals surface area contributed by atoms with E-state index in [0.29, 0.717) is 6.04 Å². The summed E-state index contributed by atoms with van der Waals surface area (Å²) >= 11 is 0. The molecule has 0 aliphatic carbocycles. The molecule has 2 rings (SSSR count). The van der Waals surface area contributed by atoms with Gasteiger partial charge >= 0.3 is 0 Å². The normalized spacial score (nSPS) is 16.3. The first-order valence-corrected chi connectivity index (χ1v) is 5.06. The molecule has 4 nitrogen and oxygen atoms in total. The number of carbonyl (C=O) groups excluding carboxylic acids is 1. The van der Waals surface area contributed by atoms with Gasteiger partial charge in [0.25, 0.3) is 0 Å². The topological polar surface area (TPSA) is 38.1 Å². The Kier molecular flexibility index (Phi) is 2.34. The van der Waals surface area contributed by atoms with Crippen LogP contribution in [0, 0.1) is 13.8 Å². The van der Waals surface area contributed by atoms with E-state index in [1.165, 1.54) is 6.08 Å². The zero-order chi connectivity index (χ0) is 11.0. The molecule has 15 heavy (non-hydrogen) atoms. The molecule has 0 bridgehead atoms. The van der Waals surface area contributed by atoms with E-state index >= 15 is 0 Å². The second kappa shape index (κ2) is 3.53. The summed E-state index contributed by atoms with van der Waals surface area (Å²) in [5.74, 6) is 0.00720. The standard InChI is InChI=1S/C11H15N3O/c1-4-11(15)13-6-10(7-13)14-9(3)5-8(2)12-14/h4-5,10H,1,6-7H2,2-3H3. The summed E-state index contributed by atoms with van der Waals surface area (Å²) in [6.45, 7) is 8.98. The molecule has 1 saturated heterocycles. The molecule has 0 atom stereocenters. The third kappa shape index (κ3) is 1.67. The predicted octanol–water partition coefficient (Wildman–Crippen LogP) is 1.07. The Balaban J connectivity index is 2.03. The quantitative estimate of drug-likeness (QED) is 0.677. The number of aryl methyl sites for hydroxylation is 2. The van der Waals surface area contributed by atoms with Gasteiger partial charge in [-0.25, -0.2) is 0 Å². The maximum atomic E-state index is 11.2. The molecule has 2 heterocycles.